The molecule has 1 aromatic carbocycles. The highest BCUT2D eigenvalue weighted by molar-refractivity contribution is 9.10. The van der Waals surface area contributed by atoms with Crippen LogP contribution in [-0.2, 0) is 7.05 Å². The number of amides is 1. The van der Waals surface area contributed by atoms with Gasteiger partial charge in [0, 0.05) is 22.6 Å². The lowest BCUT2D eigenvalue weighted by atomic mass is 10.1. The molecule has 1 aliphatic rings. The summed E-state index contributed by atoms with van der Waals surface area (Å²) in [6, 6.07) is 7.68. The van der Waals surface area contributed by atoms with E-state index < -0.39 is 0 Å². The van der Waals surface area contributed by atoms with Crippen molar-refractivity contribution in [1.82, 2.24) is 25.0 Å². The third-order valence-corrected chi connectivity index (χ3v) is 4.73. The molecule has 7 nitrogen and oxygen atoms in total. The molecular formula is C16H15BrN6O. The number of nitrogens with zero attached hydrogens (tertiary/aromatic N) is 4. The van der Waals surface area contributed by atoms with Gasteiger partial charge < -0.3 is 0 Å². The van der Waals surface area contributed by atoms with Crippen LogP contribution in [-0.4, -0.2) is 30.9 Å². The number of nitrogens with one attached hydrogen (secondary N) is 2. The Balaban J connectivity index is 1.57. The summed E-state index contributed by atoms with van der Waals surface area (Å²) < 4.78 is 2.51. The molecule has 3 aromatic rings. The molecule has 1 saturated carbocycles. The van der Waals surface area contributed by atoms with Crippen LogP contribution in [0.1, 0.15) is 34.8 Å². The van der Waals surface area contributed by atoms with Crippen LogP contribution in [0.4, 0.5) is 5.95 Å². The van der Waals surface area contributed by atoms with E-state index in [1.165, 1.54) is 0 Å². The number of hydrogen-bond donors (Lipinski definition) is 2. The fourth-order valence-corrected chi connectivity index (χ4v) is 3.15. The van der Waals surface area contributed by atoms with E-state index in [9.17, 15) is 4.79 Å². The fourth-order valence-electron chi connectivity index (χ4n) is 2.68. The van der Waals surface area contributed by atoms with Crippen LogP contribution >= 0.6 is 15.9 Å². The molecule has 122 valence electrons. The second-order valence-electron chi connectivity index (χ2n) is 5.79. The van der Waals surface area contributed by atoms with Gasteiger partial charge in [-0.15, -0.1) is 5.10 Å². The van der Waals surface area contributed by atoms with Gasteiger partial charge in [-0.2, -0.15) is 10.1 Å². The molecule has 0 unspecified atom stereocenters. The van der Waals surface area contributed by atoms with Gasteiger partial charge in [-0.25, -0.2) is 0 Å². The lowest BCUT2D eigenvalue weighted by molar-refractivity contribution is 0.101. The van der Waals surface area contributed by atoms with Crippen molar-refractivity contribution < 1.29 is 4.79 Å². The number of benzene rings is 1. The van der Waals surface area contributed by atoms with Crippen molar-refractivity contribution in [3.05, 3.63) is 46.2 Å². The number of rotatable bonds is 4. The summed E-state index contributed by atoms with van der Waals surface area (Å²) in [5, 5.41) is 13.9. The highest BCUT2D eigenvalue weighted by Crippen LogP contribution is 2.41. The molecule has 4 rings (SSSR count). The molecule has 0 radical (unpaired) electrons. The first-order valence-corrected chi connectivity index (χ1v) is 8.43. The summed E-state index contributed by atoms with van der Waals surface area (Å²) in [6.07, 6.45) is 3.99. The first-order valence-electron chi connectivity index (χ1n) is 7.64. The molecule has 1 amide bonds. The van der Waals surface area contributed by atoms with Gasteiger partial charge in [-0.05, 0) is 24.8 Å². The molecule has 2 heterocycles. The minimum absolute atomic E-state index is 0.241. The van der Waals surface area contributed by atoms with E-state index in [1.54, 1.807) is 17.9 Å². The van der Waals surface area contributed by atoms with Gasteiger partial charge in [-0.1, -0.05) is 34.1 Å². The number of H-pyrrole nitrogens is 1. The minimum Gasteiger partial charge on any atom is -0.288 e. The molecule has 0 saturated heterocycles. The van der Waals surface area contributed by atoms with E-state index in [0.717, 1.165) is 28.4 Å². The Bertz CT molecular complexity index is 911. The molecule has 2 aromatic heterocycles. The lowest BCUT2D eigenvalue weighted by Crippen LogP contribution is -2.18. The van der Waals surface area contributed by atoms with Gasteiger partial charge in [-0.3, -0.25) is 19.9 Å². The Kier molecular flexibility index (Phi) is 3.68. The smallest absolute Gasteiger partial charge is 0.276 e. The van der Waals surface area contributed by atoms with Crippen molar-refractivity contribution in [3.8, 4) is 11.4 Å². The zero-order valence-electron chi connectivity index (χ0n) is 13.0. The number of aromatic nitrogens is 5. The van der Waals surface area contributed by atoms with E-state index in [-0.39, 0.29) is 11.9 Å². The van der Waals surface area contributed by atoms with Crippen LogP contribution in [0.5, 0.6) is 0 Å². The molecule has 1 aliphatic carbocycles. The van der Waals surface area contributed by atoms with E-state index in [1.807, 2.05) is 24.3 Å². The average Bonchev–Trinajstić information content (AvgIpc) is 3.19. The molecule has 1 fully saturated rings. The van der Waals surface area contributed by atoms with Crippen LogP contribution in [0.2, 0.25) is 0 Å². The second-order valence-corrected chi connectivity index (χ2v) is 6.64. The zero-order chi connectivity index (χ0) is 16.7. The summed E-state index contributed by atoms with van der Waals surface area (Å²) >= 11 is 3.48. The maximum Gasteiger partial charge on any atom is 0.276 e. The number of carbonyl (C=O) groups excluding carboxylic acids is 1. The number of carbonyl (C=O) groups is 1. The molecule has 0 bridgehead atoms. The van der Waals surface area contributed by atoms with E-state index in [2.05, 4.69) is 41.5 Å². The van der Waals surface area contributed by atoms with E-state index in [4.69, 9.17) is 0 Å². The standard InChI is InChI=1S/C16H15BrN6O/c1-23-13(11(8-18-23)9-6-7-9)15(24)20-16-19-14(21-22-16)10-4-2-3-5-12(10)17/h2-5,8-9H,6-7H2,1H3,(H2,19,20,21,22,24). The molecule has 2 N–H and O–H groups in total. The highest BCUT2D eigenvalue weighted by Gasteiger charge is 2.31. The number of anilines is 1. The first kappa shape index (κ1) is 15.1. The predicted molar refractivity (Wildman–Crippen MR) is 92.7 cm³/mol. The average molecular weight is 387 g/mol. The van der Waals surface area contributed by atoms with Crippen LogP contribution in [0, 0.1) is 0 Å². The maximum absolute atomic E-state index is 12.6. The molecule has 24 heavy (non-hydrogen) atoms. The summed E-state index contributed by atoms with van der Waals surface area (Å²) in [6.45, 7) is 0. The lowest BCUT2D eigenvalue weighted by Gasteiger charge is -2.04. The number of aryl methyl sites for hydroxylation is 1. The molecule has 0 atom stereocenters. The Labute approximate surface area is 146 Å². The van der Waals surface area contributed by atoms with Crippen molar-refractivity contribution >= 4 is 27.8 Å². The third-order valence-electron chi connectivity index (χ3n) is 4.04. The van der Waals surface area contributed by atoms with Gasteiger partial charge in [0.25, 0.3) is 5.91 Å². The van der Waals surface area contributed by atoms with E-state index in [0.29, 0.717) is 17.4 Å². The van der Waals surface area contributed by atoms with Gasteiger partial charge in [0.05, 0.1) is 6.20 Å². The summed E-state index contributed by atoms with van der Waals surface area (Å²) in [5.41, 5.74) is 2.45. The molecular weight excluding hydrogens is 372 g/mol. The van der Waals surface area contributed by atoms with Gasteiger partial charge in [0.1, 0.15) is 5.69 Å². The third kappa shape index (κ3) is 2.73. The van der Waals surface area contributed by atoms with Crippen molar-refractivity contribution in [1.29, 1.82) is 0 Å². The maximum atomic E-state index is 12.6. The number of aromatic amines is 1. The topological polar surface area (TPSA) is 88.5 Å². The second kappa shape index (κ2) is 5.86. The normalized spacial score (nSPS) is 13.9. The summed E-state index contributed by atoms with van der Waals surface area (Å²) in [4.78, 5) is 16.9. The quantitative estimate of drug-likeness (QED) is 0.720. The Morgan fingerprint density at radius 2 is 2.17 bits per heavy atom. The summed E-state index contributed by atoms with van der Waals surface area (Å²) in [5.74, 6) is 1.04. The van der Waals surface area contributed by atoms with Crippen LogP contribution in [0.3, 0.4) is 0 Å². The molecule has 0 aliphatic heterocycles. The largest absolute Gasteiger partial charge is 0.288 e. The molecule has 0 spiro atoms. The van der Waals surface area contributed by atoms with Crippen molar-refractivity contribution in [2.24, 2.45) is 7.05 Å². The van der Waals surface area contributed by atoms with Crippen molar-refractivity contribution in [2.75, 3.05) is 5.32 Å². The Morgan fingerprint density at radius 3 is 2.92 bits per heavy atom. The van der Waals surface area contributed by atoms with Crippen molar-refractivity contribution in [2.45, 2.75) is 18.8 Å². The first-order chi connectivity index (χ1) is 11.6. The predicted octanol–water partition coefficient (Wildman–Crippen LogP) is 3.10. The van der Waals surface area contributed by atoms with Gasteiger partial charge in [0.2, 0.25) is 5.95 Å². The Morgan fingerprint density at radius 1 is 1.38 bits per heavy atom. The summed E-state index contributed by atoms with van der Waals surface area (Å²) in [7, 11) is 1.77. The van der Waals surface area contributed by atoms with Crippen LogP contribution in [0.25, 0.3) is 11.4 Å². The van der Waals surface area contributed by atoms with Crippen LogP contribution < -0.4 is 5.32 Å². The minimum atomic E-state index is -0.241. The van der Waals surface area contributed by atoms with Gasteiger partial charge in [0.15, 0.2) is 5.82 Å². The molecule has 8 heteroatoms. The highest BCUT2D eigenvalue weighted by atomic mass is 79.9. The van der Waals surface area contributed by atoms with Crippen LogP contribution in [0.15, 0.2) is 34.9 Å². The number of halogens is 1. The number of hydrogen-bond acceptors (Lipinski definition) is 4. The monoisotopic (exact) mass is 386 g/mol. The fraction of sp³-hybridized carbons (Fsp3) is 0.250. The van der Waals surface area contributed by atoms with E-state index >= 15 is 0 Å². The van der Waals surface area contributed by atoms with Crippen molar-refractivity contribution in [3.63, 3.8) is 0 Å². The SMILES string of the molecule is Cn1ncc(C2CC2)c1C(=O)Nc1n[nH]c(-c2ccccc2Br)n1. The van der Waals surface area contributed by atoms with Gasteiger partial charge >= 0.3 is 0 Å². The Hall–Kier alpha value is -2.48. The zero-order valence-corrected chi connectivity index (χ0v) is 14.5.